The highest BCUT2D eigenvalue weighted by atomic mass is 16.3. The van der Waals surface area contributed by atoms with Crippen molar-refractivity contribution in [3.8, 4) is 11.8 Å². The summed E-state index contributed by atoms with van der Waals surface area (Å²) in [5.41, 5.74) is 2.16. The lowest BCUT2D eigenvalue weighted by Gasteiger charge is -2.05. The molecule has 0 spiro atoms. The highest BCUT2D eigenvalue weighted by Gasteiger charge is 2.17. The van der Waals surface area contributed by atoms with E-state index in [2.05, 4.69) is 11.1 Å². The van der Waals surface area contributed by atoms with Gasteiger partial charge in [0, 0.05) is 21.7 Å². The number of aromatic nitrogens is 1. The Morgan fingerprint density at radius 1 is 0.900 bits per heavy atom. The molecular weight excluding hydrogens is 248 g/mol. The number of hydrogen-bond donors (Lipinski definition) is 2. The van der Waals surface area contributed by atoms with Crippen molar-refractivity contribution >= 4 is 32.6 Å². The third-order valence-corrected chi connectivity index (χ3v) is 3.76. The van der Waals surface area contributed by atoms with E-state index in [0.717, 1.165) is 32.6 Å². The van der Waals surface area contributed by atoms with Gasteiger partial charge in [0.15, 0.2) is 0 Å². The zero-order chi connectivity index (χ0) is 13.7. The Labute approximate surface area is 114 Å². The van der Waals surface area contributed by atoms with Crippen molar-refractivity contribution in [3.63, 3.8) is 0 Å². The van der Waals surface area contributed by atoms with Gasteiger partial charge in [-0.25, -0.2) is 0 Å². The first-order valence-electron chi connectivity index (χ1n) is 6.35. The van der Waals surface area contributed by atoms with Crippen molar-refractivity contribution in [1.82, 2.24) is 4.98 Å². The van der Waals surface area contributed by atoms with E-state index in [1.165, 1.54) is 0 Å². The first-order chi connectivity index (χ1) is 9.81. The summed E-state index contributed by atoms with van der Waals surface area (Å²) in [7, 11) is 0. The Morgan fingerprint density at radius 3 is 2.30 bits per heavy atom. The maximum absolute atomic E-state index is 10.5. The number of fused-ring (bicyclic) bond motifs is 5. The number of phenolic OH excluding ortho intramolecular Hbond substituents is 1. The van der Waals surface area contributed by atoms with Crippen LogP contribution in [0.2, 0.25) is 0 Å². The fourth-order valence-electron chi connectivity index (χ4n) is 2.87. The molecule has 0 radical (unpaired) electrons. The van der Waals surface area contributed by atoms with Crippen LogP contribution in [-0.2, 0) is 0 Å². The number of phenols is 1. The molecule has 0 atom stereocenters. The van der Waals surface area contributed by atoms with E-state index in [9.17, 15) is 10.4 Å². The number of rotatable bonds is 0. The minimum atomic E-state index is 0.0543. The molecule has 4 aromatic rings. The van der Waals surface area contributed by atoms with Gasteiger partial charge in [-0.15, -0.1) is 0 Å². The van der Waals surface area contributed by atoms with E-state index >= 15 is 0 Å². The fourth-order valence-corrected chi connectivity index (χ4v) is 2.87. The van der Waals surface area contributed by atoms with Crippen LogP contribution in [0.4, 0.5) is 0 Å². The molecule has 2 N–H and O–H groups in total. The van der Waals surface area contributed by atoms with Gasteiger partial charge in [-0.3, -0.25) is 0 Å². The second-order valence-corrected chi connectivity index (χ2v) is 4.80. The third kappa shape index (κ3) is 1.23. The van der Waals surface area contributed by atoms with E-state index in [0.29, 0.717) is 5.56 Å². The standard InChI is InChI=1S/C17H10N2O/c18-9-13-10-5-1-2-6-11(10)16-15(17(13)20)12-7-3-4-8-14(12)19-16/h1-8,19-20H. The molecule has 0 saturated heterocycles. The van der Waals surface area contributed by atoms with Gasteiger partial charge in [-0.2, -0.15) is 5.26 Å². The number of nitrogens with zero attached hydrogens (tertiary/aromatic N) is 1. The van der Waals surface area contributed by atoms with Gasteiger partial charge in [0.25, 0.3) is 0 Å². The summed E-state index contributed by atoms with van der Waals surface area (Å²) in [4.78, 5) is 3.34. The smallest absolute Gasteiger partial charge is 0.143 e. The minimum absolute atomic E-state index is 0.0543. The van der Waals surface area contributed by atoms with Crippen molar-refractivity contribution < 1.29 is 5.11 Å². The lowest BCUT2D eigenvalue weighted by Crippen LogP contribution is -1.84. The number of H-pyrrole nitrogens is 1. The largest absolute Gasteiger partial charge is 0.506 e. The molecule has 3 aromatic carbocycles. The molecule has 0 amide bonds. The van der Waals surface area contributed by atoms with Crippen LogP contribution in [-0.4, -0.2) is 10.1 Å². The molecule has 20 heavy (non-hydrogen) atoms. The average Bonchev–Trinajstić information content (AvgIpc) is 2.88. The fraction of sp³-hybridized carbons (Fsp3) is 0. The SMILES string of the molecule is N#Cc1c(O)c2c3ccccc3[nH]c2c2ccccc12. The van der Waals surface area contributed by atoms with E-state index in [1.54, 1.807) is 0 Å². The molecule has 0 aliphatic rings. The molecular formula is C17H10N2O. The van der Waals surface area contributed by atoms with Gasteiger partial charge in [0.05, 0.1) is 10.9 Å². The third-order valence-electron chi connectivity index (χ3n) is 3.76. The Hall–Kier alpha value is -2.99. The first-order valence-corrected chi connectivity index (χ1v) is 6.35. The van der Waals surface area contributed by atoms with Crippen molar-refractivity contribution in [2.45, 2.75) is 0 Å². The summed E-state index contributed by atoms with van der Waals surface area (Å²) < 4.78 is 0. The predicted octanol–water partition coefficient (Wildman–Crippen LogP) is 4.05. The van der Waals surface area contributed by atoms with Gasteiger partial charge in [-0.05, 0) is 6.07 Å². The van der Waals surface area contributed by atoms with Gasteiger partial charge >= 0.3 is 0 Å². The summed E-state index contributed by atoms with van der Waals surface area (Å²) in [6, 6.07) is 17.5. The van der Waals surface area contributed by atoms with Crippen molar-refractivity contribution in [1.29, 1.82) is 5.26 Å². The highest BCUT2D eigenvalue weighted by molar-refractivity contribution is 6.21. The summed E-state index contributed by atoms with van der Waals surface area (Å²) >= 11 is 0. The Bertz CT molecular complexity index is 1020. The lowest BCUT2D eigenvalue weighted by atomic mass is 9.99. The van der Waals surface area contributed by atoms with E-state index < -0.39 is 0 Å². The topological polar surface area (TPSA) is 59.8 Å². The summed E-state index contributed by atoms with van der Waals surface area (Å²) in [6.07, 6.45) is 0. The summed E-state index contributed by atoms with van der Waals surface area (Å²) in [5, 5.41) is 23.2. The van der Waals surface area contributed by atoms with E-state index in [-0.39, 0.29) is 5.75 Å². The monoisotopic (exact) mass is 258 g/mol. The summed E-state index contributed by atoms with van der Waals surface area (Å²) in [5.74, 6) is 0.0543. The first kappa shape index (κ1) is 10.9. The van der Waals surface area contributed by atoms with Crippen LogP contribution in [0.15, 0.2) is 48.5 Å². The van der Waals surface area contributed by atoms with E-state index in [1.807, 2.05) is 48.5 Å². The minimum Gasteiger partial charge on any atom is -0.506 e. The van der Waals surface area contributed by atoms with Crippen molar-refractivity contribution in [3.05, 3.63) is 54.1 Å². The maximum atomic E-state index is 10.5. The normalized spacial score (nSPS) is 11.2. The quantitative estimate of drug-likeness (QED) is 0.500. The van der Waals surface area contributed by atoms with Crippen LogP contribution >= 0.6 is 0 Å². The number of benzene rings is 3. The zero-order valence-corrected chi connectivity index (χ0v) is 10.5. The van der Waals surface area contributed by atoms with Crippen LogP contribution < -0.4 is 0 Å². The van der Waals surface area contributed by atoms with E-state index in [4.69, 9.17) is 0 Å². The van der Waals surface area contributed by atoms with Crippen LogP contribution in [0.5, 0.6) is 5.75 Å². The maximum Gasteiger partial charge on any atom is 0.143 e. The number of para-hydroxylation sites is 1. The molecule has 1 heterocycles. The lowest BCUT2D eigenvalue weighted by molar-refractivity contribution is 0.481. The predicted molar refractivity (Wildman–Crippen MR) is 79.7 cm³/mol. The highest BCUT2D eigenvalue weighted by Crippen LogP contribution is 2.40. The van der Waals surface area contributed by atoms with Gasteiger partial charge in [-0.1, -0.05) is 42.5 Å². The van der Waals surface area contributed by atoms with Crippen molar-refractivity contribution in [2.75, 3.05) is 0 Å². The van der Waals surface area contributed by atoms with Gasteiger partial charge in [0.2, 0.25) is 0 Å². The molecule has 4 rings (SSSR count). The number of aromatic amines is 1. The van der Waals surface area contributed by atoms with Crippen LogP contribution in [0.1, 0.15) is 5.56 Å². The van der Waals surface area contributed by atoms with Gasteiger partial charge < -0.3 is 10.1 Å². The Morgan fingerprint density at radius 2 is 1.55 bits per heavy atom. The zero-order valence-electron chi connectivity index (χ0n) is 10.5. The molecule has 0 saturated carbocycles. The number of nitrogens with one attached hydrogen (secondary N) is 1. The molecule has 0 aliphatic heterocycles. The molecule has 3 heteroatoms. The molecule has 94 valence electrons. The van der Waals surface area contributed by atoms with Gasteiger partial charge in [0.1, 0.15) is 17.4 Å². The van der Waals surface area contributed by atoms with Crippen LogP contribution in [0.3, 0.4) is 0 Å². The average molecular weight is 258 g/mol. The number of aromatic hydroxyl groups is 1. The molecule has 3 nitrogen and oxygen atoms in total. The molecule has 0 unspecified atom stereocenters. The number of nitriles is 1. The van der Waals surface area contributed by atoms with Crippen molar-refractivity contribution in [2.24, 2.45) is 0 Å². The molecule has 1 aromatic heterocycles. The Kier molecular flexibility index (Phi) is 2.04. The second-order valence-electron chi connectivity index (χ2n) is 4.80. The van der Waals surface area contributed by atoms with Crippen LogP contribution in [0.25, 0.3) is 32.6 Å². The molecule has 0 aliphatic carbocycles. The molecule has 0 bridgehead atoms. The second kappa shape index (κ2) is 3.75. The Balaban J connectivity index is 2.42. The van der Waals surface area contributed by atoms with Crippen LogP contribution in [0, 0.1) is 11.3 Å². The summed E-state index contributed by atoms with van der Waals surface area (Å²) in [6.45, 7) is 0. The molecule has 0 fully saturated rings. The number of hydrogen-bond acceptors (Lipinski definition) is 2.